The molecular weight excluding hydrogens is 345 g/mol. The first kappa shape index (κ1) is 13.8. The molecule has 1 aliphatic heterocycles. The SMILES string of the molecule is O=C(O)CC1CN(Cc2cccc(I)c2)CCO1. The van der Waals surface area contributed by atoms with Crippen LogP contribution in [0.3, 0.4) is 0 Å². The molecule has 0 spiro atoms. The Morgan fingerprint density at radius 3 is 3.11 bits per heavy atom. The third-order valence-electron chi connectivity index (χ3n) is 2.92. The second kappa shape index (κ2) is 6.49. The normalized spacial score (nSPS) is 20.8. The molecule has 1 unspecified atom stereocenters. The third-order valence-corrected chi connectivity index (χ3v) is 3.59. The Hall–Kier alpha value is -0.660. The Balaban J connectivity index is 1.91. The number of hydrogen-bond acceptors (Lipinski definition) is 3. The van der Waals surface area contributed by atoms with E-state index in [1.165, 1.54) is 9.13 Å². The second-order valence-electron chi connectivity index (χ2n) is 4.46. The number of nitrogens with zero attached hydrogens (tertiary/aromatic N) is 1. The number of aliphatic carboxylic acids is 1. The molecule has 1 aromatic rings. The predicted molar refractivity (Wildman–Crippen MR) is 76.4 cm³/mol. The van der Waals surface area contributed by atoms with Crippen molar-refractivity contribution in [2.24, 2.45) is 0 Å². The lowest BCUT2D eigenvalue weighted by Crippen LogP contribution is -2.42. The summed E-state index contributed by atoms with van der Waals surface area (Å²) in [6, 6.07) is 8.37. The van der Waals surface area contributed by atoms with E-state index >= 15 is 0 Å². The molecule has 1 aliphatic rings. The van der Waals surface area contributed by atoms with Gasteiger partial charge in [-0.3, -0.25) is 9.69 Å². The molecular formula is C13H16INO3. The molecule has 1 aromatic carbocycles. The van der Waals surface area contributed by atoms with Crippen molar-refractivity contribution >= 4 is 28.6 Å². The molecule has 1 heterocycles. The van der Waals surface area contributed by atoms with E-state index in [9.17, 15) is 4.79 Å². The summed E-state index contributed by atoms with van der Waals surface area (Å²) in [7, 11) is 0. The fourth-order valence-corrected chi connectivity index (χ4v) is 2.74. The maximum Gasteiger partial charge on any atom is 0.306 e. The fourth-order valence-electron chi connectivity index (χ4n) is 2.14. The lowest BCUT2D eigenvalue weighted by Gasteiger charge is -2.32. The third kappa shape index (κ3) is 4.22. The van der Waals surface area contributed by atoms with Gasteiger partial charge in [-0.15, -0.1) is 0 Å². The fraction of sp³-hybridized carbons (Fsp3) is 0.462. The summed E-state index contributed by atoms with van der Waals surface area (Å²) in [5.41, 5.74) is 1.26. The molecule has 0 aromatic heterocycles. The van der Waals surface area contributed by atoms with Gasteiger partial charge in [0.05, 0.1) is 19.1 Å². The van der Waals surface area contributed by atoms with Crippen LogP contribution in [0.15, 0.2) is 24.3 Å². The Labute approximate surface area is 120 Å². The van der Waals surface area contributed by atoms with Gasteiger partial charge in [-0.2, -0.15) is 0 Å². The number of morpholine rings is 1. The Morgan fingerprint density at radius 1 is 1.56 bits per heavy atom. The largest absolute Gasteiger partial charge is 0.481 e. The van der Waals surface area contributed by atoms with Crippen molar-refractivity contribution in [1.82, 2.24) is 4.90 Å². The van der Waals surface area contributed by atoms with Crippen molar-refractivity contribution in [1.29, 1.82) is 0 Å². The molecule has 1 N–H and O–H groups in total. The summed E-state index contributed by atoms with van der Waals surface area (Å²) in [5, 5.41) is 8.78. The molecule has 1 atom stereocenters. The van der Waals surface area contributed by atoms with Crippen LogP contribution in [-0.4, -0.2) is 41.8 Å². The number of carboxylic acid groups (broad SMARTS) is 1. The zero-order valence-electron chi connectivity index (χ0n) is 10.0. The summed E-state index contributed by atoms with van der Waals surface area (Å²) in [5.74, 6) is -0.795. The first-order valence-electron chi connectivity index (χ1n) is 5.93. The van der Waals surface area contributed by atoms with Crippen molar-refractivity contribution in [2.45, 2.75) is 19.1 Å². The van der Waals surface area contributed by atoms with E-state index in [0.717, 1.165) is 13.1 Å². The molecule has 2 rings (SSSR count). The van der Waals surface area contributed by atoms with E-state index in [-0.39, 0.29) is 12.5 Å². The van der Waals surface area contributed by atoms with Crippen molar-refractivity contribution in [3.05, 3.63) is 33.4 Å². The minimum absolute atomic E-state index is 0.0861. The van der Waals surface area contributed by atoms with Crippen molar-refractivity contribution in [2.75, 3.05) is 19.7 Å². The Kier molecular flexibility index (Phi) is 4.96. The summed E-state index contributed by atoms with van der Waals surface area (Å²) >= 11 is 2.30. The van der Waals surface area contributed by atoms with Gasteiger partial charge >= 0.3 is 5.97 Å². The molecule has 1 saturated heterocycles. The molecule has 4 nitrogen and oxygen atoms in total. The smallest absolute Gasteiger partial charge is 0.306 e. The molecule has 18 heavy (non-hydrogen) atoms. The van der Waals surface area contributed by atoms with Gasteiger partial charge in [0.1, 0.15) is 0 Å². The van der Waals surface area contributed by atoms with Crippen molar-refractivity contribution in [3.8, 4) is 0 Å². The van der Waals surface area contributed by atoms with Crippen LogP contribution in [-0.2, 0) is 16.1 Å². The van der Waals surface area contributed by atoms with E-state index in [2.05, 4.69) is 45.7 Å². The lowest BCUT2D eigenvalue weighted by atomic mass is 10.1. The molecule has 98 valence electrons. The predicted octanol–water partition coefficient (Wildman–Crippen LogP) is 1.97. The second-order valence-corrected chi connectivity index (χ2v) is 5.70. The molecule has 0 radical (unpaired) electrons. The molecule has 0 saturated carbocycles. The minimum Gasteiger partial charge on any atom is -0.481 e. The van der Waals surface area contributed by atoms with Gasteiger partial charge in [-0.25, -0.2) is 0 Å². The number of ether oxygens (including phenoxy) is 1. The number of benzene rings is 1. The summed E-state index contributed by atoms with van der Waals surface area (Å²) in [6.45, 7) is 3.03. The molecule has 1 fully saturated rings. The number of carboxylic acids is 1. The van der Waals surface area contributed by atoms with Crippen LogP contribution in [0.1, 0.15) is 12.0 Å². The van der Waals surface area contributed by atoms with Gasteiger partial charge in [0, 0.05) is 23.2 Å². The van der Waals surface area contributed by atoms with Crippen LogP contribution in [0.25, 0.3) is 0 Å². The highest BCUT2D eigenvalue weighted by atomic mass is 127. The van der Waals surface area contributed by atoms with Gasteiger partial charge < -0.3 is 9.84 Å². The number of rotatable bonds is 4. The summed E-state index contributed by atoms with van der Waals surface area (Å²) < 4.78 is 6.68. The maximum absolute atomic E-state index is 10.7. The number of hydrogen-bond donors (Lipinski definition) is 1. The van der Waals surface area contributed by atoms with E-state index < -0.39 is 5.97 Å². The number of halogens is 1. The van der Waals surface area contributed by atoms with Crippen molar-refractivity contribution < 1.29 is 14.6 Å². The van der Waals surface area contributed by atoms with Gasteiger partial charge in [-0.1, -0.05) is 12.1 Å². The van der Waals surface area contributed by atoms with Crippen LogP contribution in [0.4, 0.5) is 0 Å². The van der Waals surface area contributed by atoms with Crippen LogP contribution >= 0.6 is 22.6 Å². The quantitative estimate of drug-likeness (QED) is 0.834. The highest BCUT2D eigenvalue weighted by Gasteiger charge is 2.22. The molecule has 0 aliphatic carbocycles. The Morgan fingerprint density at radius 2 is 2.39 bits per heavy atom. The van der Waals surface area contributed by atoms with Crippen LogP contribution in [0, 0.1) is 3.57 Å². The zero-order chi connectivity index (χ0) is 13.0. The van der Waals surface area contributed by atoms with Gasteiger partial charge in [0.25, 0.3) is 0 Å². The van der Waals surface area contributed by atoms with Crippen LogP contribution in [0.2, 0.25) is 0 Å². The lowest BCUT2D eigenvalue weighted by molar-refractivity contribution is -0.142. The highest BCUT2D eigenvalue weighted by molar-refractivity contribution is 14.1. The van der Waals surface area contributed by atoms with Gasteiger partial charge in [0.2, 0.25) is 0 Å². The van der Waals surface area contributed by atoms with E-state index in [4.69, 9.17) is 9.84 Å². The molecule has 0 amide bonds. The maximum atomic E-state index is 10.7. The van der Waals surface area contributed by atoms with E-state index in [1.807, 2.05) is 6.07 Å². The van der Waals surface area contributed by atoms with Gasteiger partial charge in [0.15, 0.2) is 0 Å². The average Bonchev–Trinajstić information content (AvgIpc) is 2.28. The molecule has 5 heteroatoms. The monoisotopic (exact) mass is 361 g/mol. The average molecular weight is 361 g/mol. The standard InChI is InChI=1S/C13H16INO3/c14-11-3-1-2-10(6-11)8-15-4-5-18-12(9-15)7-13(16)17/h1-3,6,12H,4-5,7-9H2,(H,16,17). The van der Waals surface area contributed by atoms with E-state index in [0.29, 0.717) is 13.2 Å². The zero-order valence-corrected chi connectivity index (χ0v) is 12.2. The van der Waals surface area contributed by atoms with Gasteiger partial charge in [-0.05, 0) is 40.3 Å². The summed E-state index contributed by atoms with van der Waals surface area (Å²) in [6.07, 6.45) is -0.0953. The van der Waals surface area contributed by atoms with E-state index in [1.54, 1.807) is 0 Å². The first-order valence-corrected chi connectivity index (χ1v) is 7.01. The minimum atomic E-state index is -0.795. The van der Waals surface area contributed by atoms with Crippen LogP contribution < -0.4 is 0 Å². The molecule has 0 bridgehead atoms. The highest BCUT2D eigenvalue weighted by Crippen LogP contribution is 2.14. The Bertz CT molecular complexity index is 424. The van der Waals surface area contributed by atoms with Crippen LogP contribution in [0.5, 0.6) is 0 Å². The number of carbonyl (C=O) groups is 1. The summed E-state index contributed by atoms with van der Waals surface area (Å²) in [4.78, 5) is 12.9. The first-order chi connectivity index (χ1) is 8.63. The topological polar surface area (TPSA) is 49.8 Å². The van der Waals surface area contributed by atoms with Crippen molar-refractivity contribution in [3.63, 3.8) is 0 Å².